The maximum Gasteiger partial charge on any atom is 0.265 e. The smallest absolute Gasteiger partial charge is 0.265 e. The summed E-state index contributed by atoms with van der Waals surface area (Å²) in [7, 11) is 1.55. The highest BCUT2D eigenvalue weighted by molar-refractivity contribution is 5.78. The minimum atomic E-state index is -0.769. The molecule has 0 bridgehead atoms. The van der Waals surface area contributed by atoms with Crippen molar-refractivity contribution in [3.8, 4) is 11.6 Å². The molecular formula is C27H27N3O5. The molecule has 0 aliphatic carbocycles. The molecule has 2 aromatic heterocycles. The van der Waals surface area contributed by atoms with Gasteiger partial charge in [-0.15, -0.1) is 0 Å². The summed E-state index contributed by atoms with van der Waals surface area (Å²) in [5.74, 6) is -0.928. The number of nitrogens with one attached hydrogen (secondary N) is 1. The van der Waals surface area contributed by atoms with E-state index in [4.69, 9.17) is 4.74 Å². The molecule has 0 aliphatic heterocycles. The Morgan fingerprint density at radius 2 is 1.77 bits per heavy atom. The van der Waals surface area contributed by atoms with E-state index in [9.17, 15) is 19.8 Å². The number of carbonyl (C=O) groups is 1. The number of aliphatic hydroxyl groups is 1. The van der Waals surface area contributed by atoms with Crippen LogP contribution in [0.3, 0.4) is 0 Å². The average molecular weight is 474 g/mol. The lowest BCUT2D eigenvalue weighted by Crippen LogP contribution is -2.40. The Hall–Kier alpha value is -4.17. The molecule has 0 saturated heterocycles. The van der Waals surface area contributed by atoms with Crippen LogP contribution < -0.4 is 15.6 Å². The van der Waals surface area contributed by atoms with E-state index in [2.05, 4.69) is 10.3 Å². The molecule has 0 spiro atoms. The lowest BCUT2D eigenvalue weighted by Gasteiger charge is -2.21. The fourth-order valence-corrected chi connectivity index (χ4v) is 4.15. The number of aliphatic hydroxyl groups excluding tert-OH is 1. The molecule has 8 heteroatoms. The van der Waals surface area contributed by atoms with Gasteiger partial charge in [-0.05, 0) is 41.8 Å². The highest BCUT2D eigenvalue weighted by atomic mass is 16.5. The lowest BCUT2D eigenvalue weighted by atomic mass is 9.89. The van der Waals surface area contributed by atoms with Gasteiger partial charge in [-0.2, -0.15) is 4.98 Å². The third-order valence-corrected chi connectivity index (χ3v) is 5.92. The van der Waals surface area contributed by atoms with Crippen LogP contribution in [0.2, 0.25) is 0 Å². The summed E-state index contributed by atoms with van der Waals surface area (Å²) in [6.07, 6.45) is 1.91. The molecular weight excluding hydrogens is 446 g/mol. The predicted octanol–water partition coefficient (Wildman–Crippen LogP) is 2.65. The van der Waals surface area contributed by atoms with Crippen molar-refractivity contribution in [3.63, 3.8) is 0 Å². The number of ether oxygens (including phenoxy) is 1. The van der Waals surface area contributed by atoms with Gasteiger partial charge in [-0.25, -0.2) is 0 Å². The number of carbonyl (C=O) groups excluding carboxylic acids is 1. The minimum absolute atomic E-state index is 0.0256. The predicted molar refractivity (Wildman–Crippen MR) is 132 cm³/mol. The Kier molecular flexibility index (Phi) is 7.42. The SMILES string of the molecule is COc1ccc(C(CC(=O)N[C@@H](CO)Cc2ccccc2)c2c(O)nc3ccccn3c2=O)cc1. The summed E-state index contributed by atoms with van der Waals surface area (Å²) in [6, 6.07) is 21.1. The number of hydrogen-bond donors (Lipinski definition) is 3. The van der Waals surface area contributed by atoms with Gasteiger partial charge in [-0.3, -0.25) is 14.0 Å². The zero-order chi connectivity index (χ0) is 24.8. The molecule has 0 radical (unpaired) electrons. The second kappa shape index (κ2) is 10.8. The van der Waals surface area contributed by atoms with Gasteiger partial charge >= 0.3 is 0 Å². The largest absolute Gasteiger partial charge is 0.497 e. The maximum absolute atomic E-state index is 13.4. The minimum Gasteiger partial charge on any atom is -0.497 e. The third-order valence-electron chi connectivity index (χ3n) is 5.92. The van der Waals surface area contributed by atoms with Gasteiger partial charge in [-0.1, -0.05) is 48.5 Å². The van der Waals surface area contributed by atoms with E-state index >= 15 is 0 Å². The fraction of sp³-hybridized carbons (Fsp3) is 0.222. The molecule has 0 aliphatic rings. The summed E-state index contributed by atoms with van der Waals surface area (Å²) in [4.78, 5) is 30.6. The molecule has 0 fully saturated rings. The van der Waals surface area contributed by atoms with Crippen molar-refractivity contribution in [2.45, 2.75) is 24.8 Å². The number of pyridine rings is 1. The second-order valence-electron chi connectivity index (χ2n) is 8.25. The highest BCUT2D eigenvalue weighted by Crippen LogP contribution is 2.32. The number of nitrogens with zero attached hydrogens (tertiary/aromatic N) is 2. The number of fused-ring (bicyclic) bond motifs is 1. The molecule has 2 heterocycles. The molecule has 8 nitrogen and oxygen atoms in total. The first-order valence-electron chi connectivity index (χ1n) is 11.3. The van der Waals surface area contributed by atoms with Crippen LogP contribution in [-0.4, -0.2) is 45.3 Å². The molecule has 2 aromatic carbocycles. The Morgan fingerprint density at radius 1 is 1.06 bits per heavy atom. The van der Waals surface area contributed by atoms with Crippen LogP contribution in [0.5, 0.6) is 11.6 Å². The summed E-state index contributed by atoms with van der Waals surface area (Å²) in [5, 5.41) is 23.4. The van der Waals surface area contributed by atoms with Crippen LogP contribution in [0.25, 0.3) is 5.65 Å². The zero-order valence-electron chi connectivity index (χ0n) is 19.3. The van der Waals surface area contributed by atoms with Gasteiger partial charge in [0.1, 0.15) is 11.4 Å². The van der Waals surface area contributed by atoms with Crippen LogP contribution in [0.4, 0.5) is 0 Å². The molecule has 4 rings (SSSR count). The van der Waals surface area contributed by atoms with Crippen LogP contribution in [0, 0.1) is 0 Å². The number of aromatic nitrogens is 2. The number of amides is 1. The molecule has 180 valence electrons. The van der Waals surface area contributed by atoms with Crippen molar-refractivity contribution in [2.24, 2.45) is 0 Å². The quantitative estimate of drug-likeness (QED) is 0.345. The summed E-state index contributed by atoms with van der Waals surface area (Å²) < 4.78 is 6.57. The van der Waals surface area contributed by atoms with Crippen molar-refractivity contribution >= 4 is 11.6 Å². The number of rotatable bonds is 9. The monoisotopic (exact) mass is 473 g/mol. The Morgan fingerprint density at radius 3 is 2.46 bits per heavy atom. The van der Waals surface area contributed by atoms with Crippen molar-refractivity contribution in [1.29, 1.82) is 0 Å². The van der Waals surface area contributed by atoms with Crippen molar-refractivity contribution in [1.82, 2.24) is 14.7 Å². The summed E-state index contributed by atoms with van der Waals surface area (Å²) in [5.41, 5.74) is 1.50. The van der Waals surface area contributed by atoms with Gasteiger partial charge < -0.3 is 20.3 Å². The number of benzene rings is 2. The van der Waals surface area contributed by atoms with Gasteiger partial charge in [0.05, 0.1) is 25.3 Å². The number of hydrogen-bond acceptors (Lipinski definition) is 6. The highest BCUT2D eigenvalue weighted by Gasteiger charge is 2.27. The van der Waals surface area contributed by atoms with Crippen LogP contribution >= 0.6 is 0 Å². The standard InChI is InChI=1S/C27H27N3O5/c1-35-21-12-10-19(11-13-21)22(25-26(33)29-23-9-5-6-14-30(23)27(25)34)16-24(32)28-20(17-31)15-18-7-3-2-4-8-18/h2-14,20,22,31,33H,15-17H2,1H3,(H,28,32)/t20-,22?/m1/s1. The fourth-order valence-electron chi connectivity index (χ4n) is 4.15. The Labute approximate surface area is 202 Å². The zero-order valence-corrected chi connectivity index (χ0v) is 19.3. The van der Waals surface area contributed by atoms with Crippen molar-refractivity contribution in [3.05, 3.63) is 106 Å². The van der Waals surface area contributed by atoms with E-state index in [1.165, 1.54) is 4.40 Å². The summed E-state index contributed by atoms with van der Waals surface area (Å²) >= 11 is 0. The first kappa shape index (κ1) is 24.0. The molecule has 3 N–H and O–H groups in total. The van der Waals surface area contributed by atoms with Crippen molar-refractivity contribution < 1.29 is 19.7 Å². The van der Waals surface area contributed by atoms with E-state index in [1.54, 1.807) is 55.8 Å². The Balaban J connectivity index is 1.67. The molecule has 0 saturated carbocycles. The number of methoxy groups -OCH3 is 1. The summed E-state index contributed by atoms with van der Waals surface area (Å²) in [6.45, 7) is -0.237. The first-order valence-corrected chi connectivity index (χ1v) is 11.3. The number of aromatic hydroxyl groups is 1. The van der Waals surface area contributed by atoms with E-state index in [0.717, 1.165) is 5.56 Å². The van der Waals surface area contributed by atoms with Gasteiger partial charge in [0.15, 0.2) is 0 Å². The maximum atomic E-state index is 13.4. The third kappa shape index (κ3) is 5.50. The van der Waals surface area contributed by atoms with E-state index < -0.39 is 23.4 Å². The van der Waals surface area contributed by atoms with Gasteiger partial charge in [0.25, 0.3) is 5.56 Å². The first-order chi connectivity index (χ1) is 17.0. The normalized spacial score (nSPS) is 12.7. The van der Waals surface area contributed by atoms with Gasteiger partial charge in [0.2, 0.25) is 11.8 Å². The topological polar surface area (TPSA) is 113 Å². The van der Waals surface area contributed by atoms with Crippen LogP contribution in [0.1, 0.15) is 29.0 Å². The van der Waals surface area contributed by atoms with E-state index in [1.807, 2.05) is 30.3 Å². The molecule has 4 aromatic rings. The van der Waals surface area contributed by atoms with E-state index in [-0.39, 0.29) is 24.5 Å². The average Bonchev–Trinajstić information content (AvgIpc) is 2.88. The molecule has 35 heavy (non-hydrogen) atoms. The van der Waals surface area contributed by atoms with Crippen LogP contribution in [0.15, 0.2) is 83.8 Å². The molecule has 1 amide bonds. The van der Waals surface area contributed by atoms with Crippen LogP contribution in [-0.2, 0) is 11.2 Å². The lowest BCUT2D eigenvalue weighted by molar-refractivity contribution is -0.122. The Bertz CT molecular complexity index is 1350. The molecule has 2 atom stereocenters. The second-order valence-corrected chi connectivity index (χ2v) is 8.25. The van der Waals surface area contributed by atoms with Crippen molar-refractivity contribution in [2.75, 3.05) is 13.7 Å². The molecule has 1 unspecified atom stereocenters. The van der Waals surface area contributed by atoms with E-state index in [0.29, 0.717) is 23.4 Å². The van der Waals surface area contributed by atoms with Gasteiger partial charge in [0, 0.05) is 18.5 Å².